The van der Waals surface area contributed by atoms with Gasteiger partial charge in [0, 0.05) is 20.8 Å². The Bertz CT molecular complexity index is 220. The van der Waals surface area contributed by atoms with Crippen LogP contribution in [0.2, 0.25) is 0 Å². The maximum absolute atomic E-state index is 8.12. The quantitative estimate of drug-likeness (QED) is 0.426. The number of rotatable bonds is 1. The van der Waals surface area contributed by atoms with Gasteiger partial charge in [-0.15, -0.1) is 0 Å². The van der Waals surface area contributed by atoms with E-state index >= 15 is 0 Å². The molecule has 1 N–H and O–H groups in total. The average Bonchev–Trinajstić information content (AvgIpc) is 2.18. The summed E-state index contributed by atoms with van der Waals surface area (Å²) in [6.45, 7) is 0. The second kappa shape index (κ2) is 2.98. The minimum atomic E-state index is 0.905. The van der Waals surface area contributed by atoms with Crippen LogP contribution in [0, 0.1) is 0 Å². The molecule has 0 spiro atoms. The summed E-state index contributed by atoms with van der Waals surface area (Å²) in [6, 6.07) is 0. The van der Waals surface area contributed by atoms with E-state index in [1.165, 1.54) is 6.21 Å². The highest BCUT2D eigenvalue weighted by Gasteiger charge is 1.94. The molecule has 1 aromatic heterocycles. The molecule has 0 aliphatic carbocycles. The van der Waals surface area contributed by atoms with E-state index < -0.39 is 0 Å². The maximum Gasteiger partial charge on any atom is 0.0753 e. The van der Waals surface area contributed by atoms with Crippen molar-refractivity contribution in [3.63, 3.8) is 0 Å². The van der Waals surface area contributed by atoms with Crippen LogP contribution in [0.3, 0.4) is 0 Å². The fraction of sp³-hybridized carbons (Fsp3) is 0. The van der Waals surface area contributed by atoms with Crippen LogP contribution < -0.4 is 0 Å². The lowest BCUT2D eigenvalue weighted by molar-refractivity contribution is 0.322. The smallest absolute Gasteiger partial charge is 0.0753 e. The van der Waals surface area contributed by atoms with Gasteiger partial charge < -0.3 is 5.21 Å². The Kier molecular flexibility index (Phi) is 2.24. The van der Waals surface area contributed by atoms with Gasteiger partial charge in [0.05, 0.1) is 6.21 Å². The van der Waals surface area contributed by atoms with Crippen LogP contribution >= 0.6 is 27.3 Å². The molecule has 0 unspecified atom stereocenters. The molecule has 1 rings (SSSR count). The SMILES string of the molecule is ON=Cc1cscc1Br. The lowest BCUT2D eigenvalue weighted by atomic mass is 10.4. The Morgan fingerprint density at radius 2 is 2.44 bits per heavy atom. The minimum Gasteiger partial charge on any atom is -0.411 e. The Morgan fingerprint density at radius 3 is 2.89 bits per heavy atom. The van der Waals surface area contributed by atoms with Crippen molar-refractivity contribution in [1.82, 2.24) is 0 Å². The van der Waals surface area contributed by atoms with Crippen LogP contribution in [0.4, 0.5) is 0 Å². The molecule has 1 heterocycles. The van der Waals surface area contributed by atoms with Gasteiger partial charge in [0.25, 0.3) is 0 Å². The van der Waals surface area contributed by atoms with E-state index in [1.807, 2.05) is 10.8 Å². The van der Waals surface area contributed by atoms with Crippen LogP contribution in [0.1, 0.15) is 5.56 Å². The van der Waals surface area contributed by atoms with Crippen LogP contribution in [0.5, 0.6) is 0 Å². The lowest BCUT2D eigenvalue weighted by Gasteiger charge is -1.81. The predicted molar refractivity (Wildman–Crippen MR) is 41.4 cm³/mol. The van der Waals surface area contributed by atoms with E-state index in [9.17, 15) is 0 Å². The molecule has 0 radical (unpaired) electrons. The van der Waals surface area contributed by atoms with Crippen LogP contribution in [0.25, 0.3) is 0 Å². The molecule has 48 valence electrons. The molecule has 0 aliphatic heterocycles. The van der Waals surface area contributed by atoms with E-state index in [4.69, 9.17) is 5.21 Å². The molecule has 0 aromatic carbocycles. The van der Waals surface area contributed by atoms with Gasteiger partial charge in [-0.2, -0.15) is 11.3 Å². The summed E-state index contributed by atoms with van der Waals surface area (Å²) in [5.74, 6) is 0. The molecule has 0 bridgehead atoms. The standard InChI is InChI=1S/C5H4BrNOS/c6-5-3-9-2-4(5)1-7-8/h1-3,8H. The Balaban J connectivity index is 2.94. The molecule has 0 atom stereocenters. The van der Waals surface area contributed by atoms with E-state index in [2.05, 4.69) is 21.1 Å². The first-order valence-corrected chi connectivity index (χ1v) is 3.97. The second-order valence-corrected chi connectivity index (χ2v) is 3.02. The van der Waals surface area contributed by atoms with E-state index in [-0.39, 0.29) is 0 Å². The van der Waals surface area contributed by atoms with E-state index in [0.29, 0.717) is 0 Å². The Morgan fingerprint density at radius 1 is 1.67 bits per heavy atom. The molecule has 9 heavy (non-hydrogen) atoms. The summed E-state index contributed by atoms with van der Waals surface area (Å²) in [5.41, 5.74) is 0.905. The molecule has 0 saturated carbocycles. The van der Waals surface area contributed by atoms with Crippen LogP contribution in [-0.4, -0.2) is 11.4 Å². The van der Waals surface area contributed by atoms with E-state index in [0.717, 1.165) is 10.0 Å². The topological polar surface area (TPSA) is 32.6 Å². The number of halogens is 1. The molecule has 0 amide bonds. The second-order valence-electron chi connectivity index (χ2n) is 1.42. The molecule has 4 heteroatoms. The highest BCUT2D eigenvalue weighted by atomic mass is 79.9. The zero-order valence-electron chi connectivity index (χ0n) is 4.41. The predicted octanol–water partition coefficient (Wildman–Crippen LogP) is 2.32. The third-order valence-corrected chi connectivity index (χ3v) is 2.59. The van der Waals surface area contributed by atoms with Gasteiger partial charge in [0.15, 0.2) is 0 Å². The summed E-state index contributed by atoms with van der Waals surface area (Å²) in [6.07, 6.45) is 1.39. The van der Waals surface area contributed by atoms with Crippen molar-refractivity contribution in [2.75, 3.05) is 0 Å². The van der Waals surface area contributed by atoms with Gasteiger partial charge in [0.1, 0.15) is 0 Å². The van der Waals surface area contributed by atoms with Crippen molar-refractivity contribution < 1.29 is 5.21 Å². The maximum atomic E-state index is 8.12. The van der Waals surface area contributed by atoms with Crippen molar-refractivity contribution in [2.24, 2.45) is 5.16 Å². The van der Waals surface area contributed by atoms with Gasteiger partial charge in [0.2, 0.25) is 0 Å². The summed E-state index contributed by atoms with van der Waals surface area (Å²) in [4.78, 5) is 0. The first-order chi connectivity index (χ1) is 4.34. The molecular formula is C5H4BrNOS. The number of thiophene rings is 1. The fourth-order valence-corrected chi connectivity index (χ4v) is 1.80. The zero-order chi connectivity index (χ0) is 6.69. The van der Waals surface area contributed by atoms with Crippen LogP contribution in [-0.2, 0) is 0 Å². The number of nitrogens with zero attached hydrogens (tertiary/aromatic N) is 1. The molecule has 0 aliphatic rings. The van der Waals surface area contributed by atoms with E-state index in [1.54, 1.807) is 11.3 Å². The number of hydrogen-bond donors (Lipinski definition) is 1. The summed E-state index contributed by atoms with van der Waals surface area (Å²) in [7, 11) is 0. The normalized spacial score (nSPS) is 10.8. The summed E-state index contributed by atoms with van der Waals surface area (Å²) >= 11 is 4.83. The fourth-order valence-electron chi connectivity index (χ4n) is 0.446. The van der Waals surface area contributed by atoms with Gasteiger partial charge in [-0.05, 0) is 15.9 Å². The number of oxime groups is 1. The first-order valence-electron chi connectivity index (χ1n) is 2.23. The van der Waals surface area contributed by atoms with Crippen LogP contribution in [0.15, 0.2) is 20.4 Å². The molecular weight excluding hydrogens is 202 g/mol. The minimum absolute atomic E-state index is 0.905. The summed E-state index contributed by atoms with van der Waals surface area (Å²) < 4.78 is 0.963. The summed E-state index contributed by atoms with van der Waals surface area (Å²) in [5, 5.41) is 14.8. The molecule has 0 saturated heterocycles. The lowest BCUT2D eigenvalue weighted by Crippen LogP contribution is -1.73. The molecule has 1 aromatic rings. The van der Waals surface area contributed by atoms with Crippen molar-refractivity contribution in [2.45, 2.75) is 0 Å². The van der Waals surface area contributed by atoms with Crippen molar-refractivity contribution in [3.8, 4) is 0 Å². The third-order valence-electron chi connectivity index (χ3n) is 0.839. The number of hydrogen-bond acceptors (Lipinski definition) is 3. The third kappa shape index (κ3) is 1.53. The van der Waals surface area contributed by atoms with Gasteiger partial charge in [-0.1, -0.05) is 5.16 Å². The monoisotopic (exact) mass is 205 g/mol. The Labute approximate surface area is 64.9 Å². The van der Waals surface area contributed by atoms with Gasteiger partial charge >= 0.3 is 0 Å². The van der Waals surface area contributed by atoms with Gasteiger partial charge in [-0.3, -0.25) is 0 Å². The first kappa shape index (κ1) is 6.77. The van der Waals surface area contributed by atoms with Crippen molar-refractivity contribution in [1.29, 1.82) is 0 Å². The average molecular weight is 206 g/mol. The molecule has 0 fully saturated rings. The van der Waals surface area contributed by atoms with Gasteiger partial charge in [-0.25, -0.2) is 0 Å². The highest BCUT2D eigenvalue weighted by Crippen LogP contribution is 2.18. The Hall–Kier alpha value is -0.350. The largest absolute Gasteiger partial charge is 0.411 e. The zero-order valence-corrected chi connectivity index (χ0v) is 6.82. The highest BCUT2D eigenvalue weighted by molar-refractivity contribution is 9.10. The molecule has 2 nitrogen and oxygen atoms in total. The van der Waals surface area contributed by atoms with Crippen molar-refractivity contribution in [3.05, 3.63) is 20.8 Å². The van der Waals surface area contributed by atoms with Crippen molar-refractivity contribution >= 4 is 33.5 Å².